The van der Waals surface area contributed by atoms with E-state index in [0.717, 1.165) is 30.0 Å². The summed E-state index contributed by atoms with van der Waals surface area (Å²) in [6.07, 6.45) is 0.504. The van der Waals surface area contributed by atoms with Crippen LogP contribution in [-0.2, 0) is 16.1 Å². The number of thioether (sulfide) groups is 1. The van der Waals surface area contributed by atoms with Gasteiger partial charge in [0, 0.05) is 0 Å². The van der Waals surface area contributed by atoms with E-state index < -0.39 is 28.4 Å². The summed E-state index contributed by atoms with van der Waals surface area (Å²) in [4.78, 5) is 23.7. The highest BCUT2D eigenvalue weighted by atomic mass is 32.2. The number of nitrogens with zero attached hydrogens (tertiary/aromatic N) is 2. The standard InChI is InChI=1S/C16H17F2N3O4S/c1-3-11(15(23)24-4-2)26-16-21-20-12(25-16)8-19-14(22)13-9(17)6-5-7-10(13)18/h5-7,11H,3-4,8H2,1-2H3,(H,19,22)/t11-/m0/s1. The van der Waals surface area contributed by atoms with Crippen LogP contribution in [0, 0.1) is 11.6 Å². The molecule has 1 atom stereocenters. The largest absolute Gasteiger partial charge is 0.465 e. The van der Waals surface area contributed by atoms with E-state index in [0.29, 0.717) is 6.42 Å². The Bertz CT molecular complexity index is 764. The fourth-order valence-electron chi connectivity index (χ4n) is 1.97. The van der Waals surface area contributed by atoms with E-state index in [9.17, 15) is 18.4 Å². The fourth-order valence-corrected chi connectivity index (χ4v) is 2.78. The molecular weight excluding hydrogens is 368 g/mol. The summed E-state index contributed by atoms with van der Waals surface area (Å²) in [6.45, 7) is 3.58. The van der Waals surface area contributed by atoms with Crippen LogP contribution in [0.25, 0.3) is 0 Å². The molecule has 1 aromatic carbocycles. The first-order valence-corrected chi connectivity index (χ1v) is 8.72. The highest BCUT2D eigenvalue weighted by Gasteiger charge is 2.23. The number of nitrogens with one attached hydrogen (secondary N) is 1. The third kappa shape index (κ3) is 5.01. The molecule has 2 rings (SSSR count). The first kappa shape index (κ1) is 19.8. The number of rotatable bonds is 8. The second kappa shape index (κ2) is 9.27. The molecule has 26 heavy (non-hydrogen) atoms. The Morgan fingerprint density at radius 3 is 2.58 bits per heavy atom. The first-order chi connectivity index (χ1) is 12.5. The molecule has 2 aromatic rings. The zero-order chi connectivity index (χ0) is 19.1. The predicted octanol–water partition coefficient (Wildman–Crippen LogP) is 2.71. The third-order valence-corrected chi connectivity index (χ3v) is 4.38. The Balaban J connectivity index is 1.96. The molecule has 0 aliphatic carbocycles. The maximum Gasteiger partial charge on any atom is 0.319 e. The second-order valence-electron chi connectivity index (χ2n) is 5.01. The Labute approximate surface area is 152 Å². The maximum atomic E-state index is 13.6. The summed E-state index contributed by atoms with van der Waals surface area (Å²) in [6, 6.07) is 3.13. The lowest BCUT2D eigenvalue weighted by Gasteiger charge is -2.09. The highest BCUT2D eigenvalue weighted by molar-refractivity contribution is 8.00. The van der Waals surface area contributed by atoms with Crippen LogP contribution >= 0.6 is 11.8 Å². The lowest BCUT2D eigenvalue weighted by molar-refractivity contribution is -0.142. The minimum Gasteiger partial charge on any atom is -0.465 e. The molecule has 0 fully saturated rings. The quantitative estimate of drug-likeness (QED) is 0.551. The van der Waals surface area contributed by atoms with Gasteiger partial charge < -0.3 is 14.5 Å². The van der Waals surface area contributed by atoms with Crippen LogP contribution in [0.15, 0.2) is 27.8 Å². The van der Waals surface area contributed by atoms with Crippen LogP contribution in [-0.4, -0.2) is 33.9 Å². The topological polar surface area (TPSA) is 94.3 Å². The van der Waals surface area contributed by atoms with Crippen LogP contribution in [0.1, 0.15) is 36.5 Å². The van der Waals surface area contributed by atoms with Crippen molar-refractivity contribution >= 4 is 23.6 Å². The molecule has 0 aliphatic rings. The molecular formula is C16H17F2N3O4S. The van der Waals surface area contributed by atoms with Crippen LogP contribution in [0.3, 0.4) is 0 Å². The number of hydrogen-bond donors (Lipinski definition) is 1. The molecule has 0 spiro atoms. The van der Waals surface area contributed by atoms with Gasteiger partial charge >= 0.3 is 5.97 Å². The van der Waals surface area contributed by atoms with Gasteiger partial charge in [-0.2, -0.15) is 0 Å². The minimum atomic E-state index is -0.968. The predicted molar refractivity (Wildman–Crippen MR) is 88.4 cm³/mol. The van der Waals surface area contributed by atoms with Gasteiger partial charge in [-0.1, -0.05) is 24.8 Å². The van der Waals surface area contributed by atoms with Crippen LogP contribution in [0.5, 0.6) is 0 Å². The third-order valence-electron chi connectivity index (χ3n) is 3.20. The van der Waals surface area contributed by atoms with Crippen LogP contribution in [0.2, 0.25) is 0 Å². The van der Waals surface area contributed by atoms with Gasteiger partial charge in [-0.15, -0.1) is 10.2 Å². The molecule has 1 amide bonds. The number of carbonyl (C=O) groups is 2. The van der Waals surface area contributed by atoms with E-state index in [2.05, 4.69) is 15.5 Å². The van der Waals surface area contributed by atoms with Gasteiger partial charge in [0.1, 0.15) is 22.4 Å². The van der Waals surface area contributed by atoms with E-state index >= 15 is 0 Å². The van der Waals surface area contributed by atoms with Crippen LogP contribution < -0.4 is 5.32 Å². The molecule has 0 aliphatic heterocycles. The van der Waals surface area contributed by atoms with Gasteiger partial charge in [-0.3, -0.25) is 9.59 Å². The number of halogens is 2. The molecule has 1 N–H and O–H groups in total. The minimum absolute atomic E-state index is 0.0382. The molecule has 0 saturated heterocycles. The van der Waals surface area contributed by atoms with Gasteiger partial charge in [0.15, 0.2) is 0 Å². The van der Waals surface area contributed by atoms with E-state index in [1.807, 2.05) is 6.92 Å². The Morgan fingerprint density at radius 1 is 1.27 bits per heavy atom. The normalized spacial score (nSPS) is 11.8. The monoisotopic (exact) mass is 385 g/mol. The summed E-state index contributed by atoms with van der Waals surface area (Å²) in [5, 5.41) is 9.44. The first-order valence-electron chi connectivity index (χ1n) is 7.84. The van der Waals surface area contributed by atoms with Gasteiger partial charge in [0.05, 0.1) is 13.2 Å². The van der Waals surface area contributed by atoms with Crippen molar-refractivity contribution in [2.45, 2.75) is 37.3 Å². The molecule has 1 heterocycles. The second-order valence-corrected chi connectivity index (χ2v) is 6.16. The molecule has 140 valence electrons. The van der Waals surface area contributed by atoms with Gasteiger partial charge in [0.2, 0.25) is 5.89 Å². The molecule has 0 unspecified atom stereocenters. The highest BCUT2D eigenvalue weighted by Crippen LogP contribution is 2.25. The molecule has 0 radical (unpaired) electrons. The van der Waals surface area contributed by atoms with E-state index in [4.69, 9.17) is 9.15 Å². The average molecular weight is 385 g/mol. The summed E-state index contributed by atoms with van der Waals surface area (Å²) >= 11 is 1.05. The maximum absolute atomic E-state index is 13.6. The smallest absolute Gasteiger partial charge is 0.319 e. The van der Waals surface area contributed by atoms with E-state index in [1.165, 1.54) is 0 Å². The zero-order valence-corrected chi connectivity index (χ0v) is 14.9. The van der Waals surface area contributed by atoms with Crippen LogP contribution in [0.4, 0.5) is 8.78 Å². The van der Waals surface area contributed by atoms with E-state index in [-0.39, 0.29) is 30.2 Å². The van der Waals surface area contributed by atoms with Crippen molar-refractivity contribution in [3.8, 4) is 0 Å². The molecule has 7 nitrogen and oxygen atoms in total. The van der Waals surface area contributed by atoms with Crippen molar-refractivity contribution in [2.24, 2.45) is 0 Å². The summed E-state index contributed by atoms with van der Waals surface area (Å²) in [7, 11) is 0. The molecule has 0 saturated carbocycles. The molecule has 0 bridgehead atoms. The summed E-state index contributed by atoms with van der Waals surface area (Å²) in [5.41, 5.74) is -0.685. The Hall–Kier alpha value is -2.49. The Morgan fingerprint density at radius 2 is 1.96 bits per heavy atom. The summed E-state index contributed by atoms with van der Waals surface area (Å²) < 4.78 is 37.4. The lowest BCUT2D eigenvalue weighted by Crippen LogP contribution is -2.25. The molecule has 10 heteroatoms. The number of hydrogen-bond acceptors (Lipinski definition) is 7. The number of aromatic nitrogens is 2. The van der Waals surface area contributed by atoms with Crippen molar-refractivity contribution < 1.29 is 27.5 Å². The van der Waals surface area contributed by atoms with Crippen molar-refractivity contribution in [3.63, 3.8) is 0 Å². The average Bonchev–Trinajstić information content (AvgIpc) is 3.05. The van der Waals surface area contributed by atoms with Crippen molar-refractivity contribution in [3.05, 3.63) is 41.3 Å². The fraction of sp³-hybridized carbons (Fsp3) is 0.375. The zero-order valence-electron chi connectivity index (χ0n) is 14.1. The van der Waals surface area contributed by atoms with Crippen molar-refractivity contribution in [2.75, 3.05) is 6.61 Å². The number of esters is 1. The van der Waals surface area contributed by atoms with Gasteiger partial charge in [-0.05, 0) is 25.5 Å². The van der Waals surface area contributed by atoms with Gasteiger partial charge in [-0.25, -0.2) is 8.78 Å². The number of amides is 1. The van der Waals surface area contributed by atoms with E-state index in [1.54, 1.807) is 6.92 Å². The van der Waals surface area contributed by atoms with Gasteiger partial charge in [0.25, 0.3) is 11.1 Å². The summed E-state index contributed by atoms with van der Waals surface area (Å²) in [5.74, 6) is -3.22. The number of carbonyl (C=O) groups excluding carboxylic acids is 2. The number of ether oxygens (including phenoxy) is 1. The van der Waals surface area contributed by atoms with Crippen molar-refractivity contribution in [1.29, 1.82) is 0 Å². The van der Waals surface area contributed by atoms with Crippen molar-refractivity contribution in [1.82, 2.24) is 15.5 Å². The SMILES string of the molecule is CCOC(=O)[C@H](CC)Sc1nnc(CNC(=O)c2c(F)cccc2F)o1. The number of benzene rings is 1. The molecule has 1 aromatic heterocycles. The lowest BCUT2D eigenvalue weighted by atomic mass is 10.2. The Kier molecular flexibility index (Phi) is 7.07.